The fraction of sp³-hybridized carbons (Fsp3) is 0. The number of amides is 1. The normalized spacial score (nSPS) is 10.5. The van der Waals surface area contributed by atoms with Gasteiger partial charge in [0.1, 0.15) is 5.01 Å². The quantitative estimate of drug-likeness (QED) is 0.824. The van der Waals surface area contributed by atoms with Gasteiger partial charge in [-0.3, -0.25) is 4.79 Å². The molecule has 0 radical (unpaired) electrons. The van der Waals surface area contributed by atoms with Crippen molar-refractivity contribution in [2.24, 2.45) is 0 Å². The molecule has 0 spiro atoms. The monoisotopic (exact) mass is 230 g/mol. The Morgan fingerprint density at radius 3 is 2.81 bits per heavy atom. The number of hydrogen-bond acceptors (Lipinski definition) is 3. The molecule has 0 unspecified atom stereocenters. The average Bonchev–Trinajstić information content (AvgIpc) is 2.81. The van der Waals surface area contributed by atoms with E-state index in [1.807, 2.05) is 35.7 Å². The van der Waals surface area contributed by atoms with E-state index in [0.29, 0.717) is 0 Å². The van der Waals surface area contributed by atoms with E-state index in [-0.39, 0.29) is 5.91 Å². The van der Waals surface area contributed by atoms with E-state index in [1.165, 1.54) is 17.4 Å². The molecule has 3 nitrogen and oxygen atoms in total. The first-order valence-corrected chi connectivity index (χ1v) is 5.66. The Hall–Kier alpha value is -1.94. The van der Waals surface area contributed by atoms with Gasteiger partial charge in [-0.15, -0.1) is 11.3 Å². The number of nitrogens with one attached hydrogen (secondary N) is 1. The molecule has 0 fully saturated rings. The van der Waals surface area contributed by atoms with Gasteiger partial charge < -0.3 is 5.32 Å². The Morgan fingerprint density at radius 2 is 2.12 bits per heavy atom. The third kappa shape index (κ3) is 3.03. The molecule has 0 bridgehead atoms. The third-order valence-electron chi connectivity index (χ3n) is 1.87. The number of carbonyl (C=O) groups is 1. The lowest BCUT2D eigenvalue weighted by atomic mass is 10.3. The van der Waals surface area contributed by atoms with Crippen molar-refractivity contribution in [1.82, 2.24) is 4.98 Å². The maximum atomic E-state index is 11.5. The van der Waals surface area contributed by atoms with Crippen molar-refractivity contribution in [2.75, 3.05) is 5.32 Å². The third-order valence-corrected chi connectivity index (χ3v) is 2.61. The lowest BCUT2D eigenvalue weighted by Crippen LogP contribution is -2.07. The van der Waals surface area contributed by atoms with E-state index < -0.39 is 0 Å². The SMILES string of the molecule is O=C(C=Cc1nccs1)Nc1ccccc1. The van der Waals surface area contributed by atoms with Crippen molar-refractivity contribution in [3.8, 4) is 0 Å². The molecule has 0 saturated heterocycles. The van der Waals surface area contributed by atoms with Crippen LogP contribution in [0.5, 0.6) is 0 Å². The van der Waals surface area contributed by atoms with Gasteiger partial charge in [-0.05, 0) is 18.2 Å². The summed E-state index contributed by atoms with van der Waals surface area (Å²) in [7, 11) is 0. The smallest absolute Gasteiger partial charge is 0.248 e. The zero-order chi connectivity index (χ0) is 11.2. The topological polar surface area (TPSA) is 42.0 Å². The minimum atomic E-state index is -0.151. The van der Waals surface area contributed by atoms with E-state index >= 15 is 0 Å². The predicted molar refractivity (Wildman–Crippen MR) is 66.2 cm³/mol. The molecule has 1 aromatic carbocycles. The van der Waals surface area contributed by atoms with Crippen LogP contribution in [0, 0.1) is 0 Å². The van der Waals surface area contributed by atoms with Gasteiger partial charge in [-0.25, -0.2) is 4.98 Å². The van der Waals surface area contributed by atoms with Crippen LogP contribution in [-0.2, 0) is 4.79 Å². The van der Waals surface area contributed by atoms with Gasteiger partial charge in [-0.1, -0.05) is 18.2 Å². The van der Waals surface area contributed by atoms with Crippen molar-refractivity contribution in [2.45, 2.75) is 0 Å². The lowest BCUT2D eigenvalue weighted by Gasteiger charge is -1.99. The molecule has 1 aromatic heterocycles. The first-order valence-electron chi connectivity index (χ1n) is 4.78. The molecule has 1 amide bonds. The standard InChI is InChI=1S/C12H10N2OS/c15-11(6-7-12-13-8-9-16-12)14-10-4-2-1-3-5-10/h1-9H,(H,14,15). The van der Waals surface area contributed by atoms with Crippen LogP contribution in [0.3, 0.4) is 0 Å². The van der Waals surface area contributed by atoms with Gasteiger partial charge >= 0.3 is 0 Å². The highest BCUT2D eigenvalue weighted by Gasteiger charge is 1.96. The van der Waals surface area contributed by atoms with E-state index in [1.54, 1.807) is 12.3 Å². The summed E-state index contributed by atoms with van der Waals surface area (Å²) in [6.45, 7) is 0. The highest BCUT2D eigenvalue weighted by Crippen LogP contribution is 2.07. The molecule has 0 atom stereocenters. The zero-order valence-corrected chi connectivity index (χ0v) is 9.28. The number of para-hydroxylation sites is 1. The molecule has 4 heteroatoms. The molecule has 1 N–H and O–H groups in total. The minimum absolute atomic E-state index is 0.151. The van der Waals surface area contributed by atoms with E-state index in [2.05, 4.69) is 10.3 Å². The Bertz CT molecular complexity index is 477. The molecule has 0 aliphatic heterocycles. The summed E-state index contributed by atoms with van der Waals surface area (Å²) in [6, 6.07) is 9.34. The number of thiazole rings is 1. The number of benzene rings is 1. The molecule has 0 saturated carbocycles. The Morgan fingerprint density at radius 1 is 1.31 bits per heavy atom. The fourth-order valence-corrected chi connectivity index (χ4v) is 1.70. The Balaban J connectivity index is 1.95. The molecular weight excluding hydrogens is 220 g/mol. The molecule has 0 aliphatic carbocycles. The van der Waals surface area contributed by atoms with Crippen LogP contribution in [0.1, 0.15) is 5.01 Å². The van der Waals surface area contributed by atoms with Crippen molar-refractivity contribution in [3.05, 3.63) is 53.0 Å². The van der Waals surface area contributed by atoms with Gasteiger partial charge in [0.05, 0.1) is 0 Å². The molecule has 2 rings (SSSR count). The number of nitrogens with zero attached hydrogens (tertiary/aromatic N) is 1. The summed E-state index contributed by atoms with van der Waals surface area (Å²) in [4.78, 5) is 15.5. The summed E-state index contributed by atoms with van der Waals surface area (Å²) in [6.07, 6.45) is 4.88. The molecule has 80 valence electrons. The van der Waals surface area contributed by atoms with Crippen LogP contribution in [0.15, 0.2) is 48.0 Å². The lowest BCUT2D eigenvalue weighted by molar-refractivity contribution is -0.111. The van der Waals surface area contributed by atoms with Crippen LogP contribution in [-0.4, -0.2) is 10.9 Å². The summed E-state index contributed by atoms with van der Waals surface area (Å²) in [5.41, 5.74) is 0.788. The second kappa shape index (κ2) is 5.23. The summed E-state index contributed by atoms with van der Waals surface area (Å²) < 4.78 is 0. The van der Waals surface area contributed by atoms with Crippen molar-refractivity contribution in [3.63, 3.8) is 0 Å². The van der Waals surface area contributed by atoms with Gasteiger partial charge in [0, 0.05) is 23.3 Å². The van der Waals surface area contributed by atoms with E-state index in [4.69, 9.17) is 0 Å². The maximum Gasteiger partial charge on any atom is 0.248 e. The van der Waals surface area contributed by atoms with Crippen LogP contribution in [0.25, 0.3) is 6.08 Å². The first kappa shape index (κ1) is 10.6. The van der Waals surface area contributed by atoms with E-state index in [0.717, 1.165) is 10.7 Å². The van der Waals surface area contributed by atoms with Crippen LogP contribution >= 0.6 is 11.3 Å². The van der Waals surface area contributed by atoms with Crippen molar-refractivity contribution < 1.29 is 4.79 Å². The molecule has 2 aromatic rings. The second-order valence-electron chi connectivity index (χ2n) is 3.06. The summed E-state index contributed by atoms with van der Waals surface area (Å²) in [5, 5.41) is 5.45. The fourth-order valence-electron chi connectivity index (χ4n) is 1.17. The van der Waals surface area contributed by atoms with Crippen LogP contribution in [0.4, 0.5) is 5.69 Å². The number of hydrogen-bond donors (Lipinski definition) is 1. The average molecular weight is 230 g/mol. The highest BCUT2D eigenvalue weighted by atomic mass is 32.1. The van der Waals surface area contributed by atoms with Gasteiger partial charge in [0.2, 0.25) is 5.91 Å². The van der Waals surface area contributed by atoms with Crippen molar-refractivity contribution >= 4 is 29.0 Å². The summed E-state index contributed by atoms with van der Waals surface area (Å²) in [5.74, 6) is -0.151. The Kier molecular flexibility index (Phi) is 3.46. The van der Waals surface area contributed by atoms with E-state index in [9.17, 15) is 4.79 Å². The zero-order valence-electron chi connectivity index (χ0n) is 8.46. The largest absolute Gasteiger partial charge is 0.323 e. The summed E-state index contributed by atoms with van der Waals surface area (Å²) >= 11 is 1.49. The first-order chi connectivity index (χ1) is 7.84. The van der Waals surface area contributed by atoms with Crippen LogP contribution in [0.2, 0.25) is 0 Å². The maximum absolute atomic E-state index is 11.5. The van der Waals surface area contributed by atoms with Gasteiger partial charge in [0.25, 0.3) is 0 Å². The minimum Gasteiger partial charge on any atom is -0.323 e. The number of carbonyl (C=O) groups excluding carboxylic acids is 1. The number of rotatable bonds is 3. The molecule has 16 heavy (non-hydrogen) atoms. The highest BCUT2D eigenvalue weighted by molar-refractivity contribution is 7.10. The van der Waals surface area contributed by atoms with Gasteiger partial charge in [0.15, 0.2) is 0 Å². The van der Waals surface area contributed by atoms with Gasteiger partial charge in [-0.2, -0.15) is 0 Å². The number of aromatic nitrogens is 1. The molecule has 0 aliphatic rings. The van der Waals surface area contributed by atoms with Crippen molar-refractivity contribution in [1.29, 1.82) is 0 Å². The second-order valence-corrected chi connectivity index (χ2v) is 3.99. The molecule has 1 heterocycles. The molecular formula is C12H10N2OS. The number of anilines is 1. The van der Waals surface area contributed by atoms with Crippen LogP contribution < -0.4 is 5.32 Å². The Labute approximate surface area is 97.5 Å². The predicted octanol–water partition coefficient (Wildman–Crippen LogP) is 2.80.